The minimum absolute atomic E-state index is 0.148. The molecule has 1 fully saturated rings. The zero-order valence-corrected chi connectivity index (χ0v) is 11.3. The third kappa shape index (κ3) is 4.32. The average Bonchev–Trinajstić information content (AvgIpc) is 2.46. The summed E-state index contributed by atoms with van der Waals surface area (Å²) in [5.41, 5.74) is 2.36. The van der Waals surface area contributed by atoms with E-state index in [-0.39, 0.29) is 43.0 Å². The Morgan fingerprint density at radius 2 is 2.00 bits per heavy atom. The van der Waals surface area contributed by atoms with Crippen LogP contribution in [-0.4, -0.2) is 36.1 Å². The molecule has 0 aromatic heterocycles. The van der Waals surface area contributed by atoms with Crippen LogP contribution in [0.4, 0.5) is 0 Å². The first-order valence-electron chi connectivity index (χ1n) is 6.97. The molecule has 2 N–H and O–H groups in total. The number of hydrogen-bond donors (Lipinski definition) is 2. The molecule has 7 nitrogen and oxygen atoms in total. The van der Waals surface area contributed by atoms with Gasteiger partial charge in [0.15, 0.2) is 6.61 Å². The van der Waals surface area contributed by atoms with Crippen molar-refractivity contribution in [3.63, 3.8) is 0 Å². The molecule has 1 heterocycles. The van der Waals surface area contributed by atoms with Gasteiger partial charge in [-0.25, -0.2) is 10.2 Å². The van der Waals surface area contributed by atoms with Crippen molar-refractivity contribution in [3.05, 3.63) is 0 Å². The summed E-state index contributed by atoms with van der Waals surface area (Å²) in [5, 5.41) is 6.47. The molecule has 2 amide bonds. The van der Waals surface area contributed by atoms with E-state index in [4.69, 9.17) is 4.74 Å². The SMILES string of the molecule is O=C1CCC(C(=O)OCC(=O)NC2CCCCC2)=NN1. The number of nitrogens with zero attached hydrogens (tertiary/aromatic N) is 1. The van der Waals surface area contributed by atoms with Gasteiger partial charge < -0.3 is 10.1 Å². The van der Waals surface area contributed by atoms with E-state index in [9.17, 15) is 14.4 Å². The number of esters is 1. The fraction of sp³-hybridized carbons (Fsp3) is 0.692. The molecule has 2 aliphatic rings. The van der Waals surface area contributed by atoms with Gasteiger partial charge in [0, 0.05) is 18.9 Å². The highest BCUT2D eigenvalue weighted by Crippen LogP contribution is 2.17. The van der Waals surface area contributed by atoms with E-state index in [0.29, 0.717) is 0 Å². The van der Waals surface area contributed by atoms with Crippen molar-refractivity contribution >= 4 is 23.5 Å². The number of ether oxygens (including phenoxy) is 1. The molecule has 0 radical (unpaired) electrons. The lowest BCUT2D eigenvalue weighted by molar-refractivity contribution is -0.142. The summed E-state index contributed by atoms with van der Waals surface area (Å²) in [4.78, 5) is 34.2. The van der Waals surface area contributed by atoms with Crippen molar-refractivity contribution in [2.45, 2.75) is 51.0 Å². The Kier molecular flexibility index (Phi) is 5.09. The molecule has 20 heavy (non-hydrogen) atoms. The van der Waals surface area contributed by atoms with E-state index in [2.05, 4.69) is 15.8 Å². The van der Waals surface area contributed by atoms with E-state index in [1.165, 1.54) is 6.42 Å². The number of amides is 2. The summed E-state index contributed by atoms with van der Waals surface area (Å²) in [7, 11) is 0. The number of hydrazone groups is 1. The molecule has 7 heteroatoms. The Morgan fingerprint density at radius 1 is 1.25 bits per heavy atom. The standard InChI is InChI=1S/C13H19N3O4/c17-11-7-6-10(15-16-11)13(19)20-8-12(18)14-9-4-2-1-3-5-9/h9H,1-8H2,(H,14,18)(H,16,17). The molecule has 0 spiro atoms. The van der Waals surface area contributed by atoms with Crippen LogP contribution in [0.3, 0.4) is 0 Å². The lowest BCUT2D eigenvalue weighted by Gasteiger charge is -2.22. The normalized spacial score (nSPS) is 19.8. The first kappa shape index (κ1) is 14.5. The van der Waals surface area contributed by atoms with Crippen LogP contribution in [0.15, 0.2) is 5.10 Å². The van der Waals surface area contributed by atoms with Crippen molar-refractivity contribution in [2.24, 2.45) is 5.10 Å². The predicted molar refractivity (Wildman–Crippen MR) is 70.8 cm³/mol. The Morgan fingerprint density at radius 3 is 2.65 bits per heavy atom. The monoisotopic (exact) mass is 281 g/mol. The maximum atomic E-state index is 11.7. The van der Waals surface area contributed by atoms with Crippen molar-refractivity contribution < 1.29 is 19.1 Å². The maximum Gasteiger partial charge on any atom is 0.355 e. The van der Waals surface area contributed by atoms with Gasteiger partial charge in [-0.3, -0.25) is 9.59 Å². The minimum Gasteiger partial charge on any atom is -0.451 e. The van der Waals surface area contributed by atoms with Gasteiger partial charge in [-0.05, 0) is 12.8 Å². The van der Waals surface area contributed by atoms with Gasteiger partial charge in [-0.2, -0.15) is 5.10 Å². The van der Waals surface area contributed by atoms with Crippen molar-refractivity contribution in [1.29, 1.82) is 0 Å². The fourth-order valence-corrected chi connectivity index (χ4v) is 2.35. The van der Waals surface area contributed by atoms with Crippen LogP contribution < -0.4 is 10.7 Å². The second-order valence-corrected chi connectivity index (χ2v) is 5.07. The van der Waals surface area contributed by atoms with Gasteiger partial charge in [-0.1, -0.05) is 19.3 Å². The van der Waals surface area contributed by atoms with Crippen LogP contribution >= 0.6 is 0 Å². The molecule has 2 rings (SSSR count). The summed E-state index contributed by atoms with van der Waals surface area (Å²) < 4.78 is 4.89. The predicted octanol–water partition coefficient (Wildman–Crippen LogP) is 0.244. The molecule has 0 aromatic carbocycles. The highest BCUT2D eigenvalue weighted by atomic mass is 16.5. The van der Waals surface area contributed by atoms with Gasteiger partial charge in [0.25, 0.3) is 5.91 Å². The maximum absolute atomic E-state index is 11.7. The van der Waals surface area contributed by atoms with E-state index in [1.54, 1.807) is 0 Å². The number of carbonyl (C=O) groups is 3. The van der Waals surface area contributed by atoms with Crippen molar-refractivity contribution in [3.8, 4) is 0 Å². The van der Waals surface area contributed by atoms with E-state index in [1.807, 2.05) is 0 Å². The molecule has 1 aliphatic heterocycles. The molecule has 110 valence electrons. The summed E-state index contributed by atoms with van der Waals surface area (Å²) >= 11 is 0. The second kappa shape index (κ2) is 7.02. The van der Waals surface area contributed by atoms with Crippen LogP contribution in [0.5, 0.6) is 0 Å². The number of rotatable bonds is 4. The molecule has 0 unspecified atom stereocenters. The van der Waals surface area contributed by atoms with Crippen LogP contribution in [-0.2, 0) is 19.1 Å². The van der Waals surface area contributed by atoms with Crippen LogP contribution in [0.2, 0.25) is 0 Å². The summed E-state index contributed by atoms with van der Waals surface area (Å²) in [5.74, 6) is -1.16. The van der Waals surface area contributed by atoms with Gasteiger partial charge >= 0.3 is 5.97 Å². The lowest BCUT2D eigenvalue weighted by Crippen LogP contribution is -2.39. The molecular formula is C13H19N3O4. The average molecular weight is 281 g/mol. The van der Waals surface area contributed by atoms with Crippen LogP contribution in [0.1, 0.15) is 44.9 Å². The van der Waals surface area contributed by atoms with Gasteiger partial charge in [0.1, 0.15) is 5.71 Å². The topological polar surface area (TPSA) is 96.9 Å². The Labute approximate surface area is 117 Å². The summed E-state index contributed by atoms with van der Waals surface area (Å²) in [6, 6.07) is 0.196. The first-order chi connectivity index (χ1) is 9.65. The Hall–Kier alpha value is -1.92. The Balaban J connectivity index is 1.70. The highest BCUT2D eigenvalue weighted by molar-refractivity contribution is 6.37. The number of hydrogen-bond acceptors (Lipinski definition) is 5. The third-order valence-corrected chi connectivity index (χ3v) is 3.44. The molecular weight excluding hydrogens is 262 g/mol. The van der Waals surface area contributed by atoms with Gasteiger partial charge in [0.05, 0.1) is 0 Å². The highest BCUT2D eigenvalue weighted by Gasteiger charge is 2.21. The van der Waals surface area contributed by atoms with E-state index < -0.39 is 5.97 Å². The molecule has 1 saturated carbocycles. The molecule has 0 bridgehead atoms. The van der Waals surface area contributed by atoms with Crippen LogP contribution in [0, 0.1) is 0 Å². The van der Waals surface area contributed by atoms with Crippen molar-refractivity contribution in [1.82, 2.24) is 10.7 Å². The van der Waals surface area contributed by atoms with Crippen LogP contribution in [0.25, 0.3) is 0 Å². The molecule has 1 aliphatic carbocycles. The smallest absolute Gasteiger partial charge is 0.355 e. The first-order valence-corrected chi connectivity index (χ1v) is 6.97. The third-order valence-electron chi connectivity index (χ3n) is 3.44. The number of carbonyl (C=O) groups excluding carboxylic acids is 3. The van der Waals surface area contributed by atoms with E-state index in [0.717, 1.165) is 25.7 Å². The quantitative estimate of drug-likeness (QED) is 0.722. The zero-order chi connectivity index (χ0) is 14.4. The molecule has 0 aromatic rings. The van der Waals surface area contributed by atoms with Crippen molar-refractivity contribution in [2.75, 3.05) is 6.61 Å². The van der Waals surface area contributed by atoms with Gasteiger partial charge in [0.2, 0.25) is 5.91 Å². The minimum atomic E-state index is -0.649. The summed E-state index contributed by atoms with van der Waals surface area (Å²) in [6.45, 7) is -0.303. The zero-order valence-electron chi connectivity index (χ0n) is 11.3. The molecule has 0 atom stereocenters. The second-order valence-electron chi connectivity index (χ2n) is 5.07. The summed E-state index contributed by atoms with van der Waals surface area (Å²) in [6.07, 6.45) is 5.89. The Bertz CT molecular complexity index is 427. The number of nitrogens with one attached hydrogen (secondary N) is 2. The molecule has 0 saturated heterocycles. The fourth-order valence-electron chi connectivity index (χ4n) is 2.35. The lowest BCUT2D eigenvalue weighted by atomic mass is 9.95. The van der Waals surface area contributed by atoms with E-state index >= 15 is 0 Å². The van der Waals surface area contributed by atoms with Gasteiger partial charge in [-0.15, -0.1) is 0 Å². The largest absolute Gasteiger partial charge is 0.451 e.